The van der Waals surface area contributed by atoms with Crippen LogP contribution in [0.3, 0.4) is 0 Å². The minimum Gasteiger partial charge on any atom is -0.478 e. The van der Waals surface area contributed by atoms with Crippen LogP contribution in [-0.4, -0.2) is 11.1 Å². The highest BCUT2D eigenvalue weighted by atomic mass is 79.9. The molecule has 0 unspecified atom stereocenters. The van der Waals surface area contributed by atoms with E-state index in [9.17, 15) is 9.18 Å². The molecule has 0 spiro atoms. The normalized spacial score (nSPS) is 24.2. The second kappa shape index (κ2) is 5.74. The van der Waals surface area contributed by atoms with Gasteiger partial charge in [-0.15, -0.1) is 0 Å². The monoisotopic (exact) mass is 387 g/mol. The third kappa shape index (κ3) is 2.44. The van der Waals surface area contributed by atoms with Crippen LogP contribution in [0.5, 0.6) is 0 Å². The predicted octanol–water partition coefficient (Wildman–Crippen LogP) is 5.11. The van der Waals surface area contributed by atoms with Crippen molar-refractivity contribution in [2.24, 2.45) is 5.92 Å². The standard InChI is InChI=1S/C19H15BrFNO2/c20-12-8-15-13-2-1-3-14(13)17(22-18(15)16(21)9-12)10-4-6-11(7-5-10)19(23)24/h1-2,4-9,13-14,17,22H,3H2,(H,23,24)/t13-,14-,17+/m1/s1. The second-order valence-corrected chi connectivity index (χ2v) is 7.17. The molecule has 0 fully saturated rings. The first-order valence-electron chi connectivity index (χ1n) is 7.80. The molecular weight excluding hydrogens is 373 g/mol. The van der Waals surface area contributed by atoms with E-state index in [1.165, 1.54) is 6.07 Å². The zero-order valence-corrected chi connectivity index (χ0v) is 14.3. The van der Waals surface area contributed by atoms with Gasteiger partial charge in [-0.2, -0.15) is 0 Å². The first-order chi connectivity index (χ1) is 11.5. The lowest BCUT2D eigenvalue weighted by Crippen LogP contribution is -2.29. The number of anilines is 1. The highest BCUT2D eigenvalue weighted by molar-refractivity contribution is 9.10. The molecule has 0 bridgehead atoms. The van der Waals surface area contributed by atoms with Gasteiger partial charge in [-0.1, -0.05) is 40.2 Å². The zero-order chi connectivity index (χ0) is 16.8. The Hall–Kier alpha value is -2.14. The quantitative estimate of drug-likeness (QED) is 0.703. The summed E-state index contributed by atoms with van der Waals surface area (Å²) in [6, 6.07) is 10.2. The van der Waals surface area contributed by atoms with E-state index >= 15 is 0 Å². The fourth-order valence-corrected chi connectivity index (χ4v) is 4.23. The van der Waals surface area contributed by atoms with E-state index in [2.05, 4.69) is 33.4 Å². The van der Waals surface area contributed by atoms with Gasteiger partial charge in [0.05, 0.1) is 17.3 Å². The number of carbonyl (C=O) groups is 1. The molecule has 0 aromatic heterocycles. The first kappa shape index (κ1) is 15.4. The van der Waals surface area contributed by atoms with Crippen molar-refractivity contribution in [3.63, 3.8) is 0 Å². The number of rotatable bonds is 2. The van der Waals surface area contributed by atoms with E-state index < -0.39 is 5.97 Å². The minimum atomic E-state index is -0.945. The van der Waals surface area contributed by atoms with Gasteiger partial charge in [0.2, 0.25) is 0 Å². The number of hydrogen-bond donors (Lipinski definition) is 2. The molecule has 0 saturated heterocycles. The van der Waals surface area contributed by atoms with Crippen LogP contribution in [0, 0.1) is 11.7 Å². The molecule has 2 aliphatic rings. The van der Waals surface area contributed by atoms with E-state index in [4.69, 9.17) is 5.11 Å². The maximum atomic E-state index is 14.5. The first-order valence-corrected chi connectivity index (χ1v) is 8.59. The number of nitrogens with one attached hydrogen (secondary N) is 1. The summed E-state index contributed by atoms with van der Waals surface area (Å²) >= 11 is 3.37. The van der Waals surface area contributed by atoms with Crippen LogP contribution in [0.15, 0.2) is 53.0 Å². The molecular formula is C19H15BrFNO2. The fourth-order valence-electron chi connectivity index (χ4n) is 3.78. The Morgan fingerprint density at radius 2 is 2.00 bits per heavy atom. The molecule has 2 aromatic carbocycles. The summed E-state index contributed by atoms with van der Waals surface area (Å²) in [6.07, 6.45) is 5.20. The Labute approximate surface area is 147 Å². The van der Waals surface area contributed by atoms with Crippen molar-refractivity contribution < 1.29 is 14.3 Å². The molecule has 2 N–H and O–H groups in total. The number of aromatic carboxylic acids is 1. The van der Waals surface area contributed by atoms with Crippen molar-refractivity contribution in [2.75, 3.05) is 5.32 Å². The highest BCUT2D eigenvalue weighted by Crippen LogP contribution is 2.51. The largest absolute Gasteiger partial charge is 0.478 e. The van der Waals surface area contributed by atoms with Crippen LogP contribution in [0.1, 0.15) is 39.9 Å². The van der Waals surface area contributed by atoms with Crippen LogP contribution >= 0.6 is 15.9 Å². The van der Waals surface area contributed by atoms with Gasteiger partial charge in [0.15, 0.2) is 0 Å². The zero-order valence-electron chi connectivity index (χ0n) is 12.7. The Balaban J connectivity index is 1.76. The van der Waals surface area contributed by atoms with Crippen LogP contribution < -0.4 is 5.32 Å². The van der Waals surface area contributed by atoms with Gasteiger partial charge in [0.1, 0.15) is 5.82 Å². The van der Waals surface area contributed by atoms with Gasteiger partial charge in [-0.25, -0.2) is 9.18 Å². The number of fused-ring (bicyclic) bond motifs is 3. The smallest absolute Gasteiger partial charge is 0.335 e. The number of benzene rings is 2. The maximum Gasteiger partial charge on any atom is 0.335 e. The number of halogens is 2. The van der Waals surface area contributed by atoms with E-state index in [-0.39, 0.29) is 23.3 Å². The third-order valence-electron chi connectivity index (χ3n) is 4.90. The van der Waals surface area contributed by atoms with Crippen LogP contribution in [0.4, 0.5) is 10.1 Å². The van der Waals surface area contributed by atoms with E-state index in [1.54, 1.807) is 12.1 Å². The molecule has 1 heterocycles. The Morgan fingerprint density at radius 3 is 2.71 bits per heavy atom. The summed E-state index contributed by atoms with van der Waals surface area (Å²) in [5.74, 6) is -0.760. The van der Waals surface area contributed by atoms with Crippen molar-refractivity contribution in [1.29, 1.82) is 0 Å². The molecule has 1 aliphatic heterocycles. The van der Waals surface area contributed by atoms with Gasteiger partial charge >= 0.3 is 5.97 Å². The van der Waals surface area contributed by atoms with Crippen molar-refractivity contribution in [3.05, 3.63) is 75.5 Å². The van der Waals surface area contributed by atoms with Gasteiger partial charge in [-0.3, -0.25) is 0 Å². The number of carboxylic acids is 1. The lowest BCUT2D eigenvalue weighted by molar-refractivity contribution is 0.0697. The third-order valence-corrected chi connectivity index (χ3v) is 5.36. The maximum absolute atomic E-state index is 14.5. The molecule has 122 valence electrons. The topological polar surface area (TPSA) is 49.3 Å². The number of hydrogen-bond acceptors (Lipinski definition) is 2. The highest BCUT2D eigenvalue weighted by Gasteiger charge is 2.39. The van der Waals surface area contributed by atoms with Gasteiger partial charge in [-0.05, 0) is 47.7 Å². The van der Waals surface area contributed by atoms with Gasteiger partial charge < -0.3 is 10.4 Å². The summed E-state index contributed by atoms with van der Waals surface area (Å²) in [6.45, 7) is 0. The SMILES string of the molecule is O=C(O)c1ccc([C@@H]2Nc3c(F)cc(Br)cc3[C@@H]3C=CC[C@H]32)cc1. The summed E-state index contributed by atoms with van der Waals surface area (Å²) in [7, 11) is 0. The summed E-state index contributed by atoms with van der Waals surface area (Å²) in [5, 5.41) is 12.4. The van der Waals surface area contributed by atoms with Crippen LogP contribution in [0.25, 0.3) is 0 Å². The molecule has 24 heavy (non-hydrogen) atoms. The molecule has 1 aliphatic carbocycles. The molecule has 0 radical (unpaired) electrons. The number of carboxylic acid groups (broad SMARTS) is 1. The van der Waals surface area contributed by atoms with Crippen molar-refractivity contribution in [1.82, 2.24) is 0 Å². The molecule has 5 heteroatoms. The minimum absolute atomic E-state index is 0.0454. The summed E-state index contributed by atoms with van der Waals surface area (Å²) < 4.78 is 15.2. The van der Waals surface area contributed by atoms with Crippen molar-refractivity contribution >= 4 is 27.6 Å². The average Bonchev–Trinajstić information content (AvgIpc) is 3.04. The fraction of sp³-hybridized carbons (Fsp3) is 0.211. The Kier molecular flexibility index (Phi) is 3.68. The van der Waals surface area contributed by atoms with Crippen molar-refractivity contribution in [3.8, 4) is 0 Å². The molecule has 2 aromatic rings. The van der Waals surface area contributed by atoms with Gasteiger partial charge in [0, 0.05) is 10.4 Å². The molecule has 3 atom stereocenters. The lowest BCUT2D eigenvalue weighted by atomic mass is 9.77. The molecule has 0 saturated carbocycles. The summed E-state index contributed by atoms with van der Waals surface area (Å²) in [4.78, 5) is 11.0. The van der Waals surface area contributed by atoms with E-state index in [1.807, 2.05) is 18.2 Å². The van der Waals surface area contributed by atoms with Crippen LogP contribution in [-0.2, 0) is 0 Å². The van der Waals surface area contributed by atoms with Crippen LogP contribution in [0.2, 0.25) is 0 Å². The van der Waals surface area contributed by atoms with Gasteiger partial charge in [0.25, 0.3) is 0 Å². The Bertz CT molecular complexity index is 847. The molecule has 3 nitrogen and oxygen atoms in total. The molecule has 4 rings (SSSR count). The van der Waals surface area contributed by atoms with E-state index in [0.29, 0.717) is 11.6 Å². The second-order valence-electron chi connectivity index (χ2n) is 6.25. The predicted molar refractivity (Wildman–Crippen MR) is 93.9 cm³/mol. The van der Waals surface area contributed by atoms with E-state index in [0.717, 1.165) is 22.0 Å². The summed E-state index contributed by atoms with van der Waals surface area (Å²) in [5.41, 5.74) is 2.75. The molecule has 0 amide bonds. The number of allylic oxidation sites excluding steroid dienone is 2. The lowest BCUT2D eigenvalue weighted by Gasteiger charge is -2.37. The Morgan fingerprint density at radius 1 is 1.25 bits per heavy atom. The van der Waals surface area contributed by atoms with Crippen molar-refractivity contribution in [2.45, 2.75) is 18.4 Å². The average molecular weight is 388 g/mol.